The van der Waals surface area contributed by atoms with Crippen LogP contribution in [0, 0.1) is 0 Å². The summed E-state index contributed by atoms with van der Waals surface area (Å²) >= 11 is 3.27. The molecule has 2 bridgehead atoms. The highest BCUT2D eigenvalue weighted by Crippen LogP contribution is 2.43. The van der Waals surface area contributed by atoms with E-state index in [0.717, 1.165) is 31.1 Å². The van der Waals surface area contributed by atoms with E-state index >= 15 is 8.78 Å². The molecule has 3 aromatic carbocycles. The first-order chi connectivity index (χ1) is 21.0. The second-order valence-corrected chi connectivity index (χ2v) is 15.1. The molecule has 2 saturated heterocycles. The third-order valence-electron chi connectivity index (χ3n) is 9.42. The van der Waals surface area contributed by atoms with Gasteiger partial charge in [-0.1, -0.05) is 47.1 Å². The number of halogens is 3. The first-order valence-corrected chi connectivity index (χ1v) is 17.7. The van der Waals surface area contributed by atoms with Crippen molar-refractivity contribution in [2.24, 2.45) is 5.73 Å². The third-order valence-corrected chi connectivity index (χ3v) is 11.9. The zero-order chi connectivity index (χ0) is 31.2. The summed E-state index contributed by atoms with van der Waals surface area (Å²) in [7, 11) is -4.54. The number of benzene rings is 3. The van der Waals surface area contributed by atoms with Gasteiger partial charge in [0.05, 0.1) is 11.0 Å². The summed E-state index contributed by atoms with van der Waals surface area (Å²) in [4.78, 5) is 15.7. The third kappa shape index (κ3) is 5.88. The van der Waals surface area contributed by atoms with Crippen LogP contribution in [-0.4, -0.2) is 60.3 Å². The maximum atomic E-state index is 16.6. The number of carbonyl (C=O) groups excluding carboxylic acids is 1. The van der Waals surface area contributed by atoms with Gasteiger partial charge >= 0.3 is 0 Å². The molecule has 1 aliphatic carbocycles. The molecule has 2 N–H and O–H groups in total. The molecular formula is C33H38BrF2N3O4S. The van der Waals surface area contributed by atoms with E-state index in [1.807, 2.05) is 6.07 Å². The van der Waals surface area contributed by atoms with Crippen LogP contribution in [0.15, 0.2) is 70.0 Å². The van der Waals surface area contributed by atoms with E-state index in [2.05, 4.69) is 15.9 Å². The van der Waals surface area contributed by atoms with E-state index < -0.39 is 33.5 Å². The number of ether oxygens (including phenoxy) is 1. The second kappa shape index (κ2) is 12.3. The normalized spacial score (nSPS) is 23.4. The summed E-state index contributed by atoms with van der Waals surface area (Å²) < 4.78 is 69.2. The molecule has 3 fully saturated rings. The quantitative estimate of drug-likeness (QED) is 0.274. The maximum Gasteiger partial charge on any atom is 0.298 e. The Morgan fingerprint density at radius 2 is 1.61 bits per heavy atom. The molecule has 3 aliphatic rings. The molecule has 0 radical (unpaired) electrons. The highest BCUT2D eigenvalue weighted by atomic mass is 79.9. The molecule has 3 atom stereocenters. The molecular weight excluding hydrogens is 652 g/mol. The fourth-order valence-electron chi connectivity index (χ4n) is 7.27. The van der Waals surface area contributed by atoms with Gasteiger partial charge in [0.2, 0.25) is 15.9 Å². The van der Waals surface area contributed by atoms with Gasteiger partial charge in [-0.3, -0.25) is 4.79 Å². The fourth-order valence-corrected chi connectivity index (χ4v) is 9.16. The Balaban J connectivity index is 1.38. The van der Waals surface area contributed by atoms with Crippen molar-refractivity contribution in [1.82, 2.24) is 9.21 Å². The maximum absolute atomic E-state index is 16.6. The molecule has 236 valence electrons. The van der Waals surface area contributed by atoms with Gasteiger partial charge in [0, 0.05) is 34.7 Å². The minimum absolute atomic E-state index is 0.116. The number of carbonyl (C=O) groups is 1. The lowest BCUT2D eigenvalue weighted by Gasteiger charge is -2.43. The van der Waals surface area contributed by atoms with Gasteiger partial charge in [-0.15, -0.1) is 0 Å². The van der Waals surface area contributed by atoms with Gasteiger partial charge in [-0.2, -0.15) is 13.1 Å². The van der Waals surface area contributed by atoms with Crippen molar-refractivity contribution < 1.29 is 26.7 Å². The van der Waals surface area contributed by atoms with Crippen molar-refractivity contribution in [1.29, 1.82) is 0 Å². The van der Waals surface area contributed by atoms with E-state index in [-0.39, 0.29) is 35.7 Å². The van der Waals surface area contributed by atoms with Crippen LogP contribution < -0.4 is 10.5 Å². The first kappa shape index (κ1) is 31.4. The zero-order valence-electron chi connectivity index (χ0n) is 24.7. The smallest absolute Gasteiger partial charge is 0.298 e. The fraction of sp³-hybridized carbons (Fsp3) is 0.485. The Kier molecular flexibility index (Phi) is 8.78. The molecule has 2 heterocycles. The summed E-state index contributed by atoms with van der Waals surface area (Å²) in [5.41, 5.74) is 5.78. The minimum atomic E-state index is -4.54. The van der Waals surface area contributed by atoms with Crippen LogP contribution in [0.1, 0.15) is 63.9 Å². The number of hydrogen-bond acceptors (Lipinski definition) is 5. The number of likely N-dealkylation sites (N-methyl/N-ethyl adjacent to an activating group) is 1. The number of nitrogens with two attached hydrogens (primary N) is 1. The summed E-state index contributed by atoms with van der Waals surface area (Å²) in [5, 5.41) is 1.41. The topological polar surface area (TPSA) is 92.9 Å². The molecule has 3 aromatic rings. The lowest BCUT2D eigenvalue weighted by molar-refractivity contribution is -0.155. The molecule has 1 saturated carbocycles. The monoisotopic (exact) mass is 689 g/mol. The van der Waals surface area contributed by atoms with E-state index in [4.69, 9.17) is 10.5 Å². The molecule has 11 heteroatoms. The SMILES string of the molecule is CCN([C@@H](C(=O)N1C2CCC1CC(N)C2)C(F)(F)c1ccc(Br)cc1)S(=O)(=O)c1ccc2cc(OC3CCCC3)ccc2c1. The highest BCUT2D eigenvalue weighted by Gasteiger charge is 2.56. The van der Waals surface area contributed by atoms with Crippen molar-refractivity contribution in [2.75, 3.05) is 6.54 Å². The standard InChI is InChI=1S/C33H38BrF2N3O4S/c1-2-38(44(41,42)30-16-8-21-17-29(15-7-22(21)18-30)43-28-5-3-4-6-28)31(33(35,36)23-9-11-24(34)12-10-23)32(40)39-26-13-14-27(39)20-25(37)19-26/h7-12,15-18,25-28,31H,2-6,13-14,19-20,37H2,1H3/t25?,26?,27?,31-/m0/s1. The molecule has 1 amide bonds. The number of rotatable bonds is 9. The Morgan fingerprint density at radius 3 is 2.25 bits per heavy atom. The predicted molar refractivity (Wildman–Crippen MR) is 169 cm³/mol. The van der Waals surface area contributed by atoms with Crippen molar-refractivity contribution in [2.45, 2.75) is 99.4 Å². The number of fused-ring (bicyclic) bond motifs is 3. The van der Waals surface area contributed by atoms with E-state index in [1.54, 1.807) is 18.2 Å². The van der Waals surface area contributed by atoms with Gasteiger partial charge in [0.1, 0.15) is 5.75 Å². The number of nitrogens with zero attached hydrogens (tertiary/aromatic N) is 2. The van der Waals surface area contributed by atoms with Gasteiger partial charge in [-0.05, 0) is 98.5 Å². The molecule has 44 heavy (non-hydrogen) atoms. The highest BCUT2D eigenvalue weighted by molar-refractivity contribution is 9.10. The molecule has 7 nitrogen and oxygen atoms in total. The van der Waals surface area contributed by atoms with Crippen LogP contribution in [0.4, 0.5) is 8.78 Å². The second-order valence-electron chi connectivity index (χ2n) is 12.3. The lowest BCUT2D eigenvalue weighted by Crippen LogP contribution is -2.61. The number of sulfonamides is 1. The summed E-state index contributed by atoms with van der Waals surface area (Å²) in [6.07, 6.45) is 6.83. The predicted octanol–water partition coefficient (Wildman–Crippen LogP) is 6.58. The van der Waals surface area contributed by atoms with Crippen LogP contribution in [-0.2, 0) is 20.7 Å². The van der Waals surface area contributed by atoms with Crippen LogP contribution >= 0.6 is 15.9 Å². The summed E-state index contributed by atoms with van der Waals surface area (Å²) in [5.74, 6) is -3.98. The Bertz CT molecular complexity index is 1620. The van der Waals surface area contributed by atoms with Crippen LogP contribution in [0.3, 0.4) is 0 Å². The Labute approximate surface area is 265 Å². The first-order valence-electron chi connectivity index (χ1n) is 15.4. The average molecular weight is 691 g/mol. The van der Waals surface area contributed by atoms with Gasteiger partial charge in [-0.25, -0.2) is 8.42 Å². The summed E-state index contributed by atoms with van der Waals surface area (Å²) in [6.45, 7) is 1.17. The van der Waals surface area contributed by atoms with Crippen LogP contribution in [0.5, 0.6) is 5.75 Å². The van der Waals surface area contributed by atoms with Crippen molar-refractivity contribution in [3.8, 4) is 5.75 Å². The average Bonchev–Trinajstić information content (AvgIpc) is 3.60. The molecule has 2 aliphatic heterocycles. The number of hydrogen-bond donors (Lipinski definition) is 1. The lowest BCUT2D eigenvalue weighted by atomic mass is 9.94. The zero-order valence-corrected chi connectivity index (χ0v) is 27.1. The minimum Gasteiger partial charge on any atom is -0.490 e. The van der Waals surface area contributed by atoms with E-state index in [1.165, 1.54) is 48.2 Å². The van der Waals surface area contributed by atoms with Gasteiger partial charge < -0.3 is 15.4 Å². The van der Waals surface area contributed by atoms with Crippen molar-refractivity contribution in [3.05, 3.63) is 70.7 Å². The van der Waals surface area contributed by atoms with Crippen molar-refractivity contribution >= 4 is 42.6 Å². The van der Waals surface area contributed by atoms with E-state index in [0.29, 0.717) is 45.6 Å². The number of alkyl halides is 2. The van der Waals surface area contributed by atoms with Crippen LogP contribution in [0.2, 0.25) is 0 Å². The number of piperidine rings is 1. The van der Waals surface area contributed by atoms with Crippen molar-refractivity contribution in [3.63, 3.8) is 0 Å². The molecule has 0 aromatic heterocycles. The van der Waals surface area contributed by atoms with Gasteiger partial charge in [0.25, 0.3) is 5.92 Å². The van der Waals surface area contributed by atoms with E-state index in [9.17, 15) is 13.2 Å². The summed E-state index contributed by atoms with van der Waals surface area (Å²) in [6, 6.07) is 12.4. The number of amides is 1. The molecule has 2 unspecified atom stereocenters. The van der Waals surface area contributed by atoms with Gasteiger partial charge in [0.15, 0.2) is 6.04 Å². The van der Waals surface area contributed by atoms with Crippen LogP contribution in [0.25, 0.3) is 10.8 Å². The Morgan fingerprint density at radius 1 is 1.00 bits per heavy atom. The largest absolute Gasteiger partial charge is 0.490 e. The Hall–Kier alpha value is -2.60. The molecule has 6 rings (SSSR count). The molecule has 0 spiro atoms.